The summed E-state index contributed by atoms with van der Waals surface area (Å²) >= 11 is 0. The molecule has 2 heterocycles. The summed E-state index contributed by atoms with van der Waals surface area (Å²) in [7, 11) is 2.05. The lowest BCUT2D eigenvalue weighted by atomic mass is 10.0. The van der Waals surface area contributed by atoms with E-state index in [-0.39, 0.29) is 0 Å². The summed E-state index contributed by atoms with van der Waals surface area (Å²) in [4.78, 5) is 0. The van der Waals surface area contributed by atoms with E-state index in [1.54, 1.807) is 0 Å². The van der Waals surface area contributed by atoms with Gasteiger partial charge in [-0.3, -0.25) is 4.68 Å². The van der Waals surface area contributed by atoms with E-state index in [0.29, 0.717) is 12.1 Å². The van der Waals surface area contributed by atoms with Crippen LogP contribution in [-0.4, -0.2) is 29.5 Å². The van der Waals surface area contributed by atoms with Crippen LogP contribution < -0.4 is 5.32 Å². The number of nitrogens with zero attached hydrogens (tertiary/aromatic N) is 2. The minimum Gasteiger partial charge on any atom is -0.378 e. The van der Waals surface area contributed by atoms with E-state index in [1.165, 1.54) is 37.1 Å². The van der Waals surface area contributed by atoms with Gasteiger partial charge in [0.15, 0.2) is 0 Å². The summed E-state index contributed by atoms with van der Waals surface area (Å²) in [5, 5.41) is 8.11. The zero-order chi connectivity index (χ0) is 14.4. The highest BCUT2D eigenvalue weighted by Gasteiger charge is 2.18. The first-order valence-electron chi connectivity index (χ1n) is 8.14. The van der Waals surface area contributed by atoms with Crippen LogP contribution >= 0.6 is 0 Å². The Hall–Kier alpha value is -0.870. The molecule has 4 heteroatoms. The van der Waals surface area contributed by atoms with E-state index >= 15 is 0 Å². The Balaban J connectivity index is 1.91. The van der Waals surface area contributed by atoms with Crippen LogP contribution in [0.25, 0.3) is 0 Å². The van der Waals surface area contributed by atoms with Crippen molar-refractivity contribution in [2.75, 3.05) is 13.7 Å². The molecular weight excluding hydrogens is 250 g/mol. The summed E-state index contributed by atoms with van der Waals surface area (Å²) in [6.45, 7) is 6.23. The molecule has 1 N–H and O–H groups in total. The van der Waals surface area contributed by atoms with Crippen molar-refractivity contribution in [2.45, 2.75) is 71.1 Å². The highest BCUT2D eigenvalue weighted by atomic mass is 16.5. The molecule has 0 aromatic carbocycles. The Bertz CT molecular complexity index is 396. The molecule has 0 aliphatic carbocycles. The van der Waals surface area contributed by atoms with E-state index in [0.717, 1.165) is 26.0 Å². The zero-order valence-electron chi connectivity index (χ0n) is 13.2. The summed E-state index contributed by atoms with van der Waals surface area (Å²) in [6, 6.07) is 2.67. The molecule has 2 atom stereocenters. The summed E-state index contributed by atoms with van der Waals surface area (Å²) < 4.78 is 7.85. The average Bonchev–Trinajstić information content (AvgIpc) is 3.12. The van der Waals surface area contributed by atoms with E-state index in [4.69, 9.17) is 4.74 Å². The topological polar surface area (TPSA) is 39.1 Å². The highest BCUT2D eigenvalue weighted by molar-refractivity contribution is 5.14. The minimum atomic E-state index is 0.407. The number of ether oxygens (including phenoxy) is 1. The molecule has 1 aliphatic heterocycles. The molecular formula is C16H29N3O. The van der Waals surface area contributed by atoms with Gasteiger partial charge in [-0.15, -0.1) is 0 Å². The number of nitrogens with one attached hydrogen (secondary N) is 1. The van der Waals surface area contributed by atoms with E-state index in [1.807, 2.05) is 0 Å². The van der Waals surface area contributed by atoms with Crippen molar-refractivity contribution in [1.82, 2.24) is 15.1 Å². The third-order valence-electron chi connectivity index (χ3n) is 4.27. The van der Waals surface area contributed by atoms with Gasteiger partial charge in [-0.1, -0.05) is 6.92 Å². The maximum absolute atomic E-state index is 5.70. The van der Waals surface area contributed by atoms with Gasteiger partial charge in [0, 0.05) is 19.2 Å². The van der Waals surface area contributed by atoms with Crippen LogP contribution in [0.3, 0.4) is 0 Å². The Labute approximate surface area is 122 Å². The molecule has 0 spiro atoms. The van der Waals surface area contributed by atoms with Crippen LogP contribution in [0.1, 0.15) is 63.4 Å². The van der Waals surface area contributed by atoms with Crippen LogP contribution in [0.2, 0.25) is 0 Å². The first kappa shape index (κ1) is 15.5. The third-order valence-corrected chi connectivity index (χ3v) is 4.27. The predicted octanol–water partition coefficient (Wildman–Crippen LogP) is 3.08. The molecule has 0 radical (unpaired) electrons. The lowest BCUT2D eigenvalue weighted by Crippen LogP contribution is -2.20. The van der Waals surface area contributed by atoms with Crippen molar-refractivity contribution in [3.8, 4) is 0 Å². The molecule has 1 saturated heterocycles. The fraction of sp³-hybridized carbons (Fsp3) is 0.812. The Morgan fingerprint density at radius 1 is 1.50 bits per heavy atom. The predicted molar refractivity (Wildman–Crippen MR) is 81.9 cm³/mol. The average molecular weight is 279 g/mol. The van der Waals surface area contributed by atoms with Crippen molar-refractivity contribution >= 4 is 0 Å². The molecule has 4 nitrogen and oxygen atoms in total. The van der Waals surface area contributed by atoms with Crippen molar-refractivity contribution in [2.24, 2.45) is 0 Å². The Kier molecular flexibility index (Phi) is 6.05. The van der Waals surface area contributed by atoms with E-state index in [2.05, 4.69) is 42.1 Å². The molecule has 0 amide bonds. The van der Waals surface area contributed by atoms with Gasteiger partial charge in [0.25, 0.3) is 0 Å². The number of hydrogen-bond acceptors (Lipinski definition) is 3. The Morgan fingerprint density at radius 3 is 2.95 bits per heavy atom. The second kappa shape index (κ2) is 7.79. The third kappa shape index (κ3) is 3.83. The zero-order valence-corrected chi connectivity index (χ0v) is 13.2. The van der Waals surface area contributed by atoms with Gasteiger partial charge in [-0.05, 0) is 58.6 Å². The summed E-state index contributed by atoms with van der Waals surface area (Å²) in [5.74, 6) is 0. The van der Waals surface area contributed by atoms with Gasteiger partial charge in [0.05, 0.1) is 17.5 Å². The first-order chi connectivity index (χ1) is 9.78. The smallest absolute Gasteiger partial charge is 0.0625 e. The maximum atomic E-state index is 5.70. The summed E-state index contributed by atoms with van der Waals surface area (Å²) in [5.41, 5.74) is 2.53. The van der Waals surface area contributed by atoms with Gasteiger partial charge >= 0.3 is 0 Å². The standard InChI is InChI=1S/C16H29N3O/c1-4-13-12-16(19(5-2)18-13)15(17-3)10-6-8-14-9-7-11-20-14/h12,14-15,17H,4-11H2,1-3H3. The van der Waals surface area contributed by atoms with Gasteiger partial charge in [0.2, 0.25) is 0 Å². The van der Waals surface area contributed by atoms with Gasteiger partial charge < -0.3 is 10.1 Å². The molecule has 20 heavy (non-hydrogen) atoms. The number of aryl methyl sites for hydroxylation is 2. The number of rotatable bonds is 8. The van der Waals surface area contributed by atoms with Crippen molar-refractivity contribution in [3.05, 3.63) is 17.5 Å². The molecule has 1 aromatic rings. The van der Waals surface area contributed by atoms with Crippen LogP contribution in [0.4, 0.5) is 0 Å². The van der Waals surface area contributed by atoms with Gasteiger partial charge in [0.1, 0.15) is 0 Å². The monoisotopic (exact) mass is 279 g/mol. The fourth-order valence-electron chi connectivity index (χ4n) is 3.06. The molecule has 1 aliphatic rings. The molecule has 0 bridgehead atoms. The SMILES string of the molecule is CCc1cc(C(CCCC2CCCO2)NC)n(CC)n1. The quantitative estimate of drug-likeness (QED) is 0.795. The highest BCUT2D eigenvalue weighted by Crippen LogP contribution is 2.24. The van der Waals surface area contributed by atoms with E-state index < -0.39 is 0 Å². The lowest BCUT2D eigenvalue weighted by Gasteiger charge is -2.18. The van der Waals surface area contributed by atoms with Crippen LogP contribution in [-0.2, 0) is 17.7 Å². The maximum Gasteiger partial charge on any atom is 0.0625 e. The minimum absolute atomic E-state index is 0.407. The summed E-state index contributed by atoms with van der Waals surface area (Å²) in [6.07, 6.45) is 7.57. The van der Waals surface area contributed by atoms with Gasteiger partial charge in [-0.2, -0.15) is 5.10 Å². The molecule has 2 unspecified atom stereocenters. The second-order valence-electron chi connectivity index (χ2n) is 5.64. The van der Waals surface area contributed by atoms with Crippen LogP contribution in [0.5, 0.6) is 0 Å². The number of aromatic nitrogens is 2. The molecule has 114 valence electrons. The first-order valence-corrected chi connectivity index (χ1v) is 8.14. The molecule has 1 aromatic heterocycles. The van der Waals surface area contributed by atoms with Crippen molar-refractivity contribution in [1.29, 1.82) is 0 Å². The molecule has 2 rings (SSSR count). The fourth-order valence-corrected chi connectivity index (χ4v) is 3.06. The second-order valence-corrected chi connectivity index (χ2v) is 5.64. The van der Waals surface area contributed by atoms with E-state index in [9.17, 15) is 0 Å². The van der Waals surface area contributed by atoms with Crippen molar-refractivity contribution < 1.29 is 4.74 Å². The number of hydrogen-bond donors (Lipinski definition) is 1. The largest absolute Gasteiger partial charge is 0.378 e. The van der Waals surface area contributed by atoms with Crippen LogP contribution in [0, 0.1) is 0 Å². The van der Waals surface area contributed by atoms with Crippen LogP contribution in [0.15, 0.2) is 6.07 Å². The molecule has 1 fully saturated rings. The lowest BCUT2D eigenvalue weighted by molar-refractivity contribution is 0.101. The normalized spacial score (nSPS) is 20.4. The Morgan fingerprint density at radius 2 is 2.35 bits per heavy atom. The van der Waals surface area contributed by atoms with Crippen molar-refractivity contribution in [3.63, 3.8) is 0 Å². The van der Waals surface area contributed by atoms with Gasteiger partial charge in [-0.25, -0.2) is 0 Å². The molecule has 0 saturated carbocycles.